The minimum Gasteiger partial charge on any atom is -0.497 e. The van der Waals surface area contributed by atoms with Crippen molar-refractivity contribution in [3.63, 3.8) is 0 Å². The quantitative estimate of drug-likeness (QED) is 0.753. The molecular weight excluding hydrogens is 384 g/mol. The van der Waals surface area contributed by atoms with Crippen LogP contribution >= 0.6 is 0 Å². The number of carbonyl (C=O) groups is 2. The number of hydrogen-bond acceptors (Lipinski definition) is 5. The predicted octanol–water partition coefficient (Wildman–Crippen LogP) is 2.56. The molecule has 162 valence electrons. The van der Waals surface area contributed by atoms with Gasteiger partial charge in [0.2, 0.25) is 11.8 Å². The standard InChI is InChI=1S/C22H30N4O4/c1-13(26-16(4)14(2)15(3)24-26)11-23-22(28)17-9-21(27)25(12-17)19-8-7-18(29-5)10-20(19)30-6/h7-8,10,13,17H,9,11-12H2,1-6H3,(H,23,28)/t13-,17-/m1/s1. The summed E-state index contributed by atoms with van der Waals surface area (Å²) in [6.45, 7) is 8.86. The van der Waals surface area contributed by atoms with Crippen molar-refractivity contribution >= 4 is 17.5 Å². The first-order chi connectivity index (χ1) is 14.3. The van der Waals surface area contributed by atoms with E-state index in [1.54, 1.807) is 37.3 Å². The third kappa shape index (κ3) is 4.13. The van der Waals surface area contributed by atoms with E-state index in [-0.39, 0.29) is 24.3 Å². The lowest BCUT2D eigenvalue weighted by atomic mass is 10.1. The van der Waals surface area contributed by atoms with E-state index in [0.29, 0.717) is 30.3 Å². The van der Waals surface area contributed by atoms with Crippen molar-refractivity contribution in [3.8, 4) is 11.5 Å². The Labute approximate surface area is 177 Å². The van der Waals surface area contributed by atoms with E-state index in [4.69, 9.17) is 9.47 Å². The summed E-state index contributed by atoms with van der Waals surface area (Å²) in [4.78, 5) is 27.0. The van der Waals surface area contributed by atoms with Crippen LogP contribution in [0.2, 0.25) is 0 Å². The van der Waals surface area contributed by atoms with E-state index in [2.05, 4.69) is 10.4 Å². The second-order valence-electron chi connectivity index (χ2n) is 7.78. The molecule has 0 bridgehead atoms. The molecule has 1 aliphatic heterocycles. The van der Waals surface area contributed by atoms with Gasteiger partial charge in [-0.3, -0.25) is 14.3 Å². The van der Waals surface area contributed by atoms with E-state index >= 15 is 0 Å². The molecule has 0 aliphatic carbocycles. The first-order valence-electron chi connectivity index (χ1n) is 10.1. The van der Waals surface area contributed by atoms with Gasteiger partial charge >= 0.3 is 0 Å². The Morgan fingerprint density at radius 2 is 2.00 bits per heavy atom. The molecule has 2 atom stereocenters. The van der Waals surface area contributed by atoms with Crippen LogP contribution in [0.25, 0.3) is 0 Å². The molecule has 1 aliphatic rings. The summed E-state index contributed by atoms with van der Waals surface area (Å²) in [5.74, 6) is 0.560. The summed E-state index contributed by atoms with van der Waals surface area (Å²) in [6, 6.07) is 5.31. The number of rotatable bonds is 7. The first-order valence-corrected chi connectivity index (χ1v) is 10.1. The maximum absolute atomic E-state index is 12.7. The third-order valence-corrected chi connectivity index (χ3v) is 5.85. The molecule has 1 aromatic heterocycles. The van der Waals surface area contributed by atoms with Gasteiger partial charge in [-0.1, -0.05) is 0 Å². The Morgan fingerprint density at radius 1 is 1.27 bits per heavy atom. The van der Waals surface area contributed by atoms with Crippen LogP contribution < -0.4 is 19.7 Å². The number of carbonyl (C=O) groups excluding carboxylic acids is 2. The van der Waals surface area contributed by atoms with E-state index in [9.17, 15) is 9.59 Å². The highest BCUT2D eigenvalue weighted by atomic mass is 16.5. The minimum atomic E-state index is -0.404. The molecule has 0 unspecified atom stereocenters. The Hall–Kier alpha value is -3.03. The fraction of sp³-hybridized carbons (Fsp3) is 0.500. The van der Waals surface area contributed by atoms with Crippen LogP contribution in [-0.4, -0.2) is 48.9 Å². The summed E-state index contributed by atoms with van der Waals surface area (Å²) in [6.07, 6.45) is 0.175. The lowest BCUT2D eigenvalue weighted by Crippen LogP contribution is -2.36. The number of aryl methyl sites for hydroxylation is 1. The number of anilines is 1. The lowest BCUT2D eigenvalue weighted by Gasteiger charge is -2.20. The van der Waals surface area contributed by atoms with Gasteiger partial charge < -0.3 is 19.7 Å². The van der Waals surface area contributed by atoms with Crippen molar-refractivity contribution in [1.29, 1.82) is 0 Å². The van der Waals surface area contributed by atoms with E-state index in [0.717, 1.165) is 11.4 Å². The van der Waals surface area contributed by atoms with Gasteiger partial charge in [0.1, 0.15) is 11.5 Å². The molecule has 30 heavy (non-hydrogen) atoms. The zero-order chi connectivity index (χ0) is 22.0. The van der Waals surface area contributed by atoms with Crippen LogP contribution in [0, 0.1) is 26.7 Å². The highest BCUT2D eigenvalue weighted by molar-refractivity contribution is 6.01. The molecule has 0 saturated carbocycles. The Bertz CT molecular complexity index is 953. The van der Waals surface area contributed by atoms with Gasteiger partial charge in [-0.2, -0.15) is 5.10 Å². The topological polar surface area (TPSA) is 85.7 Å². The Morgan fingerprint density at radius 3 is 2.60 bits per heavy atom. The Kier molecular flexibility index (Phi) is 6.34. The van der Waals surface area contributed by atoms with Gasteiger partial charge in [0.25, 0.3) is 0 Å². The van der Waals surface area contributed by atoms with Crippen molar-refractivity contribution in [2.75, 3.05) is 32.2 Å². The highest BCUT2D eigenvalue weighted by Crippen LogP contribution is 2.35. The minimum absolute atomic E-state index is 0.0243. The molecule has 1 N–H and O–H groups in total. The molecule has 8 nitrogen and oxygen atoms in total. The zero-order valence-corrected chi connectivity index (χ0v) is 18.5. The molecule has 1 saturated heterocycles. The van der Waals surface area contributed by atoms with Crippen molar-refractivity contribution < 1.29 is 19.1 Å². The van der Waals surface area contributed by atoms with Gasteiger partial charge in [0.15, 0.2) is 0 Å². The van der Waals surface area contributed by atoms with Gasteiger partial charge in [-0.25, -0.2) is 0 Å². The van der Waals surface area contributed by atoms with Crippen LogP contribution in [0.15, 0.2) is 18.2 Å². The number of aromatic nitrogens is 2. The summed E-state index contributed by atoms with van der Waals surface area (Å²) in [5.41, 5.74) is 3.91. The predicted molar refractivity (Wildman–Crippen MR) is 114 cm³/mol. The first kappa shape index (κ1) is 21.7. The van der Waals surface area contributed by atoms with Crippen LogP contribution in [0.5, 0.6) is 11.5 Å². The van der Waals surface area contributed by atoms with Crippen molar-refractivity contribution in [2.45, 2.75) is 40.2 Å². The number of hydrogen-bond donors (Lipinski definition) is 1. The van der Waals surface area contributed by atoms with Crippen molar-refractivity contribution in [1.82, 2.24) is 15.1 Å². The number of ether oxygens (including phenoxy) is 2. The van der Waals surface area contributed by atoms with Crippen LogP contribution in [0.4, 0.5) is 5.69 Å². The Balaban J connectivity index is 1.64. The fourth-order valence-electron chi connectivity index (χ4n) is 3.78. The maximum Gasteiger partial charge on any atom is 0.227 e. The van der Waals surface area contributed by atoms with Gasteiger partial charge in [0.05, 0.1) is 37.6 Å². The van der Waals surface area contributed by atoms with Crippen molar-refractivity contribution in [3.05, 3.63) is 35.2 Å². The summed E-state index contributed by atoms with van der Waals surface area (Å²) < 4.78 is 12.6. The normalized spacial score (nSPS) is 17.2. The van der Waals surface area contributed by atoms with E-state index in [1.165, 1.54) is 5.56 Å². The van der Waals surface area contributed by atoms with Crippen LogP contribution in [-0.2, 0) is 9.59 Å². The van der Waals surface area contributed by atoms with Gasteiger partial charge in [-0.15, -0.1) is 0 Å². The summed E-state index contributed by atoms with van der Waals surface area (Å²) in [7, 11) is 3.12. The molecule has 1 aromatic carbocycles. The number of nitrogens with one attached hydrogen (secondary N) is 1. The van der Waals surface area contributed by atoms with E-state index in [1.807, 2.05) is 32.4 Å². The van der Waals surface area contributed by atoms with Gasteiger partial charge in [0, 0.05) is 31.3 Å². The molecule has 8 heteroatoms. The number of benzene rings is 1. The van der Waals surface area contributed by atoms with Crippen molar-refractivity contribution in [2.24, 2.45) is 5.92 Å². The molecule has 0 spiro atoms. The number of methoxy groups -OCH3 is 2. The summed E-state index contributed by atoms with van der Waals surface area (Å²) in [5, 5.41) is 7.55. The second-order valence-corrected chi connectivity index (χ2v) is 7.78. The highest BCUT2D eigenvalue weighted by Gasteiger charge is 2.36. The third-order valence-electron chi connectivity index (χ3n) is 5.85. The molecule has 1 fully saturated rings. The van der Waals surface area contributed by atoms with Crippen LogP contribution in [0.1, 0.15) is 36.3 Å². The smallest absolute Gasteiger partial charge is 0.227 e. The zero-order valence-electron chi connectivity index (χ0n) is 18.5. The molecule has 2 amide bonds. The second kappa shape index (κ2) is 8.77. The molecule has 2 heterocycles. The molecular formula is C22H30N4O4. The SMILES string of the molecule is COc1ccc(N2C[C@H](C(=O)NC[C@@H](C)n3nc(C)c(C)c3C)CC2=O)c(OC)c1. The average molecular weight is 415 g/mol. The molecule has 3 rings (SSSR count). The molecule has 2 aromatic rings. The fourth-order valence-corrected chi connectivity index (χ4v) is 3.78. The van der Waals surface area contributed by atoms with Gasteiger partial charge in [-0.05, 0) is 45.4 Å². The van der Waals surface area contributed by atoms with Crippen LogP contribution in [0.3, 0.4) is 0 Å². The monoisotopic (exact) mass is 414 g/mol. The summed E-state index contributed by atoms with van der Waals surface area (Å²) >= 11 is 0. The largest absolute Gasteiger partial charge is 0.497 e. The number of amides is 2. The average Bonchev–Trinajstić information content (AvgIpc) is 3.26. The lowest BCUT2D eigenvalue weighted by molar-refractivity contribution is -0.126. The maximum atomic E-state index is 12.7. The molecule has 0 radical (unpaired) electrons. The van der Waals surface area contributed by atoms with E-state index < -0.39 is 5.92 Å². The number of nitrogens with zero attached hydrogens (tertiary/aromatic N) is 3.